The molecule has 0 saturated carbocycles. The molecule has 0 radical (unpaired) electrons. The standard InChI is InChI=1S/C12H20N2O2S/c1-7(2)12(5,16)6-13-11(15)10-8(3)14-9(4)17-10/h7,16H,6H2,1-5H3,(H,13,15). The molecule has 4 nitrogen and oxygen atoms in total. The van der Waals surface area contributed by atoms with Gasteiger partial charge in [0, 0.05) is 6.54 Å². The van der Waals surface area contributed by atoms with Gasteiger partial charge in [0.05, 0.1) is 16.3 Å². The van der Waals surface area contributed by atoms with E-state index in [0.717, 1.165) is 10.7 Å². The largest absolute Gasteiger partial charge is 0.388 e. The van der Waals surface area contributed by atoms with Crippen LogP contribution in [0.25, 0.3) is 0 Å². The van der Waals surface area contributed by atoms with E-state index in [1.54, 1.807) is 6.92 Å². The Kier molecular flexibility index (Phi) is 4.27. The van der Waals surface area contributed by atoms with E-state index in [0.29, 0.717) is 4.88 Å². The normalized spacial score (nSPS) is 14.8. The predicted molar refractivity (Wildman–Crippen MR) is 69.4 cm³/mol. The molecule has 0 saturated heterocycles. The molecule has 1 aromatic heterocycles. The van der Waals surface area contributed by atoms with E-state index in [-0.39, 0.29) is 18.4 Å². The zero-order valence-corrected chi connectivity index (χ0v) is 11.8. The molecule has 0 fully saturated rings. The fraction of sp³-hybridized carbons (Fsp3) is 0.667. The summed E-state index contributed by atoms with van der Waals surface area (Å²) in [5, 5.41) is 13.7. The number of amides is 1. The van der Waals surface area contributed by atoms with Crippen LogP contribution >= 0.6 is 11.3 Å². The number of rotatable bonds is 4. The van der Waals surface area contributed by atoms with Gasteiger partial charge >= 0.3 is 0 Å². The minimum absolute atomic E-state index is 0.0899. The molecule has 1 heterocycles. The molecule has 0 aliphatic carbocycles. The summed E-state index contributed by atoms with van der Waals surface area (Å²) in [6, 6.07) is 0. The third-order valence-corrected chi connectivity index (χ3v) is 4.03. The van der Waals surface area contributed by atoms with Crippen LogP contribution in [0.5, 0.6) is 0 Å². The molecule has 2 N–H and O–H groups in total. The lowest BCUT2D eigenvalue weighted by Crippen LogP contribution is -2.44. The van der Waals surface area contributed by atoms with Crippen LogP contribution < -0.4 is 5.32 Å². The first kappa shape index (κ1) is 14.1. The van der Waals surface area contributed by atoms with Crippen LogP contribution in [-0.2, 0) is 0 Å². The lowest BCUT2D eigenvalue weighted by atomic mass is 9.92. The predicted octanol–water partition coefficient (Wildman–Crippen LogP) is 1.90. The van der Waals surface area contributed by atoms with Crippen LogP contribution in [-0.4, -0.2) is 28.1 Å². The first-order valence-corrected chi connectivity index (χ1v) is 6.50. The Balaban J connectivity index is 2.65. The molecule has 1 amide bonds. The van der Waals surface area contributed by atoms with Crippen LogP contribution in [0.15, 0.2) is 0 Å². The quantitative estimate of drug-likeness (QED) is 0.865. The van der Waals surface area contributed by atoms with Crippen LogP contribution in [0.2, 0.25) is 0 Å². The number of aliphatic hydroxyl groups is 1. The Morgan fingerprint density at radius 2 is 2.12 bits per heavy atom. The second-order valence-corrected chi connectivity index (χ2v) is 6.05. The van der Waals surface area contributed by atoms with Gasteiger partial charge in [0.2, 0.25) is 0 Å². The highest BCUT2D eigenvalue weighted by Gasteiger charge is 2.26. The van der Waals surface area contributed by atoms with Crippen molar-refractivity contribution in [3.63, 3.8) is 0 Å². The molecule has 1 atom stereocenters. The van der Waals surface area contributed by atoms with Gasteiger partial charge in [-0.1, -0.05) is 13.8 Å². The second-order valence-electron chi connectivity index (χ2n) is 4.84. The highest BCUT2D eigenvalue weighted by molar-refractivity contribution is 7.13. The smallest absolute Gasteiger partial charge is 0.263 e. The van der Waals surface area contributed by atoms with Crippen molar-refractivity contribution in [2.45, 2.75) is 40.2 Å². The summed E-state index contributed by atoms with van der Waals surface area (Å²) in [5.41, 5.74) is -0.141. The number of nitrogens with zero attached hydrogens (tertiary/aromatic N) is 1. The van der Waals surface area contributed by atoms with Crippen molar-refractivity contribution in [3.8, 4) is 0 Å². The molecule has 17 heavy (non-hydrogen) atoms. The first-order chi connectivity index (χ1) is 7.74. The fourth-order valence-electron chi connectivity index (χ4n) is 1.29. The molecule has 0 aromatic carbocycles. The first-order valence-electron chi connectivity index (χ1n) is 5.68. The number of aryl methyl sites for hydroxylation is 2. The molecule has 1 aromatic rings. The van der Waals surface area contributed by atoms with E-state index in [4.69, 9.17) is 0 Å². The van der Waals surface area contributed by atoms with Gasteiger partial charge in [-0.2, -0.15) is 0 Å². The van der Waals surface area contributed by atoms with Gasteiger partial charge in [0.25, 0.3) is 5.91 Å². The average molecular weight is 256 g/mol. The van der Waals surface area contributed by atoms with Gasteiger partial charge in [-0.25, -0.2) is 4.98 Å². The average Bonchev–Trinajstić information content (AvgIpc) is 2.54. The van der Waals surface area contributed by atoms with Crippen molar-refractivity contribution in [2.75, 3.05) is 6.54 Å². The van der Waals surface area contributed by atoms with Crippen molar-refractivity contribution in [1.29, 1.82) is 0 Å². The molecular formula is C12H20N2O2S. The van der Waals surface area contributed by atoms with Crippen LogP contribution in [0.1, 0.15) is 41.1 Å². The number of nitrogens with one attached hydrogen (secondary N) is 1. The number of carbonyl (C=O) groups excluding carboxylic acids is 1. The second kappa shape index (κ2) is 5.14. The summed E-state index contributed by atoms with van der Waals surface area (Å²) in [6.45, 7) is 9.52. The van der Waals surface area contributed by atoms with Gasteiger partial charge in [-0.3, -0.25) is 4.79 Å². The van der Waals surface area contributed by atoms with E-state index in [9.17, 15) is 9.90 Å². The van der Waals surface area contributed by atoms with Gasteiger partial charge in [0.1, 0.15) is 4.88 Å². The minimum atomic E-state index is -0.886. The molecule has 0 aliphatic rings. The zero-order valence-electron chi connectivity index (χ0n) is 11.0. The third-order valence-electron chi connectivity index (χ3n) is 2.96. The Bertz CT molecular complexity index is 411. The van der Waals surface area contributed by atoms with Crippen molar-refractivity contribution in [1.82, 2.24) is 10.3 Å². The minimum Gasteiger partial charge on any atom is -0.388 e. The molecule has 96 valence electrons. The van der Waals surface area contributed by atoms with E-state index in [1.807, 2.05) is 27.7 Å². The van der Waals surface area contributed by atoms with E-state index >= 15 is 0 Å². The summed E-state index contributed by atoms with van der Waals surface area (Å²) in [5.74, 6) is -0.0684. The summed E-state index contributed by atoms with van der Waals surface area (Å²) in [7, 11) is 0. The number of aromatic nitrogens is 1. The van der Waals surface area contributed by atoms with Crippen molar-refractivity contribution in [2.24, 2.45) is 5.92 Å². The van der Waals surface area contributed by atoms with Crippen LogP contribution in [0.3, 0.4) is 0 Å². The van der Waals surface area contributed by atoms with Crippen LogP contribution in [0, 0.1) is 19.8 Å². The summed E-state index contributed by atoms with van der Waals surface area (Å²) >= 11 is 1.38. The summed E-state index contributed by atoms with van der Waals surface area (Å²) < 4.78 is 0. The zero-order chi connectivity index (χ0) is 13.2. The summed E-state index contributed by atoms with van der Waals surface area (Å²) in [4.78, 5) is 16.7. The highest BCUT2D eigenvalue weighted by Crippen LogP contribution is 2.18. The maximum absolute atomic E-state index is 11.9. The third kappa shape index (κ3) is 3.51. The number of carbonyl (C=O) groups is 1. The highest BCUT2D eigenvalue weighted by atomic mass is 32.1. The van der Waals surface area contributed by atoms with Gasteiger partial charge in [-0.15, -0.1) is 11.3 Å². The van der Waals surface area contributed by atoms with E-state index < -0.39 is 5.60 Å². The lowest BCUT2D eigenvalue weighted by molar-refractivity contribution is 0.0142. The van der Waals surface area contributed by atoms with Crippen molar-refractivity contribution >= 4 is 17.2 Å². The molecule has 5 heteroatoms. The van der Waals surface area contributed by atoms with Gasteiger partial charge in [0.15, 0.2) is 0 Å². The maximum Gasteiger partial charge on any atom is 0.263 e. The number of hydrogen-bond donors (Lipinski definition) is 2. The van der Waals surface area contributed by atoms with Crippen molar-refractivity contribution < 1.29 is 9.90 Å². The van der Waals surface area contributed by atoms with Gasteiger partial charge < -0.3 is 10.4 Å². The molecule has 1 rings (SSSR count). The molecule has 0 aliphatic heterocycles. The SMILES string of the molecule is Cc1nc(C)c(C(=O)NCC(C)(O)C(C)C)s1. The number of hydrogen-bond acceptors (Lipinski definition) is 4. The molecule has 1 unspecified atom stereocenters. The fourth-order valence-corrected chi connectivity index (χ4v) is 2.12. The Hall–Kier alpha value is -0.940. The molecular weight excluding hydrogens is 236 g/mol. The monoisotopic (exact) mass is 256 g/mol. The Morgan fingerprint density at radius 3 is 2.53 bits per heavy atom. The topological polar surface area (TPSA) is 62.2 Å². The lowest BCUT2D eigenvalue weighted by Gasteiger charge is -2.27. The maximum atomic E-state index is 11.9. The Morgan fingerprint density at radius 1 is 1.53 bits per heavy atom. The summed E-state index contributed by atoms with van der Waals surface area (Å²) in [6.07, 6.45) is 0. The van der Waals surface area contributed by atoms with E-state index in [1.165, 1.54) is 11.3 Å². The molecule has 0 bridgehead atoms. The molecule has 0 spiro atoms. The van der Waals surface area contributed by atoms with E-state index in [2.05, 4.69) is 10.3 Å². The number of thiazole rings is 1. The Labute approximate surface area is 106 Å². The van der Waals surface area contributed by atoms with Gasteiger partial charge in [-0.05, 0) is 26.7 Å². The van der Waals surface area contributed by atoms with Crippen molar-refractivity contribution in [3.05, 3.63) is 15.6 Å². The van der Waals surface area contributed by atoms with Crippen LogP contribution in [0.4, 0.5) is 0 Å².